The molecule has 17 nitrogen and oxygen atoms in total. The molecule has 0 heterocycles. The number of amides is 6. The summed E-state index contributed by atoms with van der Waals surface area (Å²) in [6.45, 7) is 6.61. The summed E-state index contributed by atoms with van der Waals surface area (Å²) in [7, 11) is 0. The van der Waals surface area contributed by atoms with Crippen LogP contribution in [0.1, 0.15) is 65.4 Å². The Bertz CT molecular complexity index is 1290. The highest BCUT2D eigenvalue weighted by Crippen LogP contribution is 2.13. The standard InChI is InChI=1S/C32H52N8O9/c1-5-18(4)27(28(35)45)40-31(48)22(14-19-9-11-20(41)12-10-19)37-24(42)16-36-29(46)23(15-25(43)44)39-30(47)21(8-6-7-13-33)38-32(49)26(34)17(2)3/h9-12,17-18,21-23,26-27,41H,5-8,13-16,33-34H2,1-4H3,(H2,35,45)(H,36,46)(H,37,42)(H,38,49)(H,39,47)(H,40,48)(H,43,44)/t18-,21-,22-,23-,26-,27-/m0/s1. The van der Waals surface area contributed by atoms with Gasteiger partial charge in [-0.15, -0.1) is 0 Å². The fourth-order valence-electron chi connectivity index (χ4n) is 4.58. The van der Waals surface area contributed by atoms with Crippen molar-refractivity contribution >= 4 is 41.4 Å². The van der Waals surface area contributed by atoms with Crippen LogP contribution in [-0.4, -0.2) is 94.9 Å². The molecule has 0 bridgehead atoms. The molecule has 1 aromatic rings. The number of phenolic OH excluding ortho intramolecular Hbond substituents is 1. The quantitative estimate of drug-likeness (QED) is 0.0599. The number of primary amides is 1. The van der Waals surface area contributed by atoms with E-state index < -0.39 is 84.6 Å². The van der Waals surface area contributed by atoms with Crippen molar-refractivity contribution in [3.63, 3.8) is 0 Å². The molecule has 6 amide bonds. The van der Waals surface area contributed by atoms with Gasteiger partial charge >= 0.3 is 5.97 Å². The minimum Gasteiger partial charge on any atom is -0.508 e. The molecular formula is C32H52N8O9. The number of rotatable bonds is 22. The first-order valence-corrected chi connectivity index (χ1v) is 16.2. The van der Waals surface area contributed by atoms with Crippen molar-refractivity contribution in [2.75, 3.05) is 13.1 Å². The molecule has 0 saturated heterocycles. The van der Waals surface area contributed by atoms with Crippen LogP contribution < -0.4 is 43.8 Å². The number of benzene rings is 1. The van der Waals surface area contributed by atoms with E-state index in [1.54, 1.807) is 20.8 Å². The lowest BCUT2D eigenvalue weighted by Gasteiger charge is -2.25. The van der Waals surface area contributed by atoms with Crippen LogP contribution in [0.3, 0.4) is 0 Å². The second-order valence-corrected chi connectivity index (χ2v) is 12.3. The van der Waals surface area contributed by atoms with Crippen molar-refractivity contribution in [2.24, 2.45) is 29.0 Å². The third-order valence-corrected chi connectivity index (χ3v) is 7.88. The highest BCUT2D eigenvalue weighted by Gasteiger charge is 2.31. The van der Waals surface area contributed by atoms with Gasteiger partial charge in [-0.25, -0.2) is 0 Å². The van der Waals surface area contributed by atoms with E-state index in [9.17, 15) is 43.8 Å². The molecule has 0 aliphatic heterocycles. The van der Waals surface area contributed by atoms with E-state index in [0.717, 1.165) is 0 Å². The minimum absolute atomic E-state index is 0.0199. The van der Waals surface area contributed by atoms with Gasteiger partial charge in [0, 0.05) is 6.42 Å². The number of aliphatic carboxylic acids is 1. The summed E-state index contributed by atoms with van der Waals surface area (Å²) in [6, 6.07) is -0.118. The monoisotopic (exact) mass is 692 g/mol. The summed E-state index contributed by atoms with van der Waals surface area (Å²) < 4.78 is 0. The number of hydrogen-bond donors (Lipinski definition) is 10. The molecule has 0 aromatic heterocycles. The number of carboxylic acid groups (broad SMARTS) is 1. The van der Waals surface area contributed by atoms with Crippen molar-refractivity contribution in [1.29, 1.82) is 0 Å². The summed E-state index contributed by atoms with van der Waals surface area (Å²) >= 11 is 0. The lowest BCUT2D eigenvalue weighted by Crippen LogP contribution is -2.58. The molecule has 0 fully saturated rings. The van der Waals surface area contributed by atoms with E-state index in [-0.39, 0.29) is 30.4 Å². The Labute approximate surface area is 285 Å². The van der Waals surface area contributed by atoms with E-state index in [1.807, 2.05) is 6.92 Å². The van der Waals surface area contributed by atoms with Crippen molar-refractivity contribution in [2.45, 2.75) is 96.4 Å². The van der Waals surface area contributed by atoms with Crippen LogP contribution in [0.15, 0.2) is 24.3 Å². The van der Waals surface area contributed by atoms with Gasteiger partial charge in [0.05, 0.1) is 19.0 Å². The van der Waals surface area contributed by atoms with Crippen LogP contribution in [0.2, 0.25) is 0 Å². The van der Waals surface area contributed by atoms with E-state index in [2.05, 4.69) is 26.6 Å². The molecule has 0 aliphatic rings. The number of unbranched alkanes of at least 4 members (excludes halogenated alkanes) is 1. The van der Waals surface area contributed by atoms with Gasteiger partial charge < -0.3 is 54.0 Å². The van der Waals surface area contributed by atoms with Crippen molar-refractivity contribution in [3.05, 3.63) is 29.8 Å². The second-order valence-electron chi connectivity index (χ2n) is 12.3. The Hall–Kier alpha value is -4.77. The zero-order valence-electron chi connectivity index (χ0n) is 28.5. The first kappa shape index (κ1) is 42.3. The molecule has 1 aromatic carbocycles. The van der Waals surface area contributed by atoms with Crippen molar-refractivity contribution < 1.29 is 43.8 Å². The largest absolute Gasteiger partial charge is 0.508 e. The SMILES string of the molecule is CC[C@H](C)[C@H](NC(=O)[C@H](Cc1ccc(O)cc1)NC(=O)CNC(=O)[C@H](CC(=O)O)NC(=O)[C@H](CCCCN)NC(=O)[C@@H](N)C(C)C)C(N)=O. The summed E-state index contributed by atoms with van der Waals surface area (Å²) in [4.78, 5) is 88.6. The van der Waals surface area contributed by atoms with Crippen LogP contribution in [0.5, 0.6) is 5.75 Å². The predicted octanol–water partition coefficient (Wildman–Crippen LogP) is -1.89. The van der Waals surface area contributed by atoms with E-state index in [1.165, 1.54) is 24.3 Å². The topological polar surface area (TPSA) is 298 Å². The maximum Gasteiger partial charge on any atom is 0.305 e. The average molecular weight is 693 g/mol. The van der Waals surface area contributed by atoms with E-state index in [4.69, 9.17) is 17.2 Å². The smallest absolute Gasteiger partial charge is 0.305 e. The zero-order chi connectivity index (χ0) is 37.3. The first-order chi connectivity index (χ1) is 23.0. The molecule has 274 valence electrons. The van der Waals surface area contributed by atoms with Crippen LogP contribution in [0.4, 0.5) is 0 Å². The van der Waals surface area contributed by atoms with Gasteiger partial charge in [-0.2, -0.15) is 0 Å². The highest BCUT2D eigenvalue weighted by molar-refractivity contribution is 5.96. The van der Waals surface area contributed by atoms with Gasteiger partial charge in [0.15, 0.2) is 0 Å². The summed E-state index contributed by atoms with van der Waals surface area (Å²) in [5, 5.41) is 31.2. The van der Waals surface area contributed by atoms with Gasteiger partial charge in [0.2, 0.25) is 35.4 Å². The molecule has 17 heteroatoms. The van der Waals surface area contributed by atoms with Crippen LogP contribution >= 0.6 is 0 Å². The molecule has 6 atom stereocenters. The molecule has 0 aliphatic carbocycles. The molecule has 0 saturated carbocycles. The number of nitrogens with one attached hydrogen (secondary N) is 5. The first-order valence-electron chi connectivity index (χ1n) is 16.2. The minimum atomic E-state index is -1.63. The van der Waals surface area contributed by atoms with Crippen LogP contribution in [-0.2, 0) is 40.0 Å². The lowest BCUT2D eigenvalue weighted by molar-refractivity contribution is -0.141. The van der Waals surface area contributed by atoms with Crippen molar-refractivity contribution in [1.82, 2.24) is 26.6 Å². The van der Waals surface area contributed by atoms with Gasteiger partial charge in [0.1, 0.15) is 29.9 Å². The van der Waals surface area contributed by atoms with Gasteiger partial charge in [-0.3, -0.25) is 33.6 Å². The Kier molecular flexibility index (Phi) is 18.3. The third-order valence-electron chi connectivity index (χ3n) is 7.88. The predicted molar refractivity (Wildman–Crippen MR) is 179 cm³/mol. The summed E-state index contributed by atoms with van der Waals surface area (Å²) in [5.41, 5.74) is 17.5. The fraction of sp³-hybridized carbons (Fsp3) is 0.594. The van der Waals surface area contributed by atoms with Gasteiger partial charge in [-0.1, -0.05) is 46.2 Å². The number of nitrogens with two attached hydrogens (primary N) is 3. The van der Waals surface area contributed by atoms with Crippen molar-refractivity contribution in [3.8, 4) is 5.75 Å². The van der Waals surface area contributed by atoms with E-state index in [0.29, 0.717) is 31.4 Å². The number of aromatic hydroxyl groups is 1. The zero-order valence-corrected chi connectivity index (χ0v) is 28.5. The molecule has 0 unspecified atom stereocenters. The number of carboxylic acids is 1. The van der Waals surface area contributed by atoms with E-state index >= 15 is 0 Å². The lowest BCUT2D eigenvalue weighted by atomic mass is 9.97. The number of phenols is 1. The molecular weight excluding hydrogens is 640 g/mol. The third kappa shape index (κ3) is 15.3. The number of hydrogen-bond acceptors (Lipinski definition) is 10. The van der Waals surface area contributed by atoms with Gasteiger partial charge in [0.25, 0.3) is 0 Å². The normalized spacial score (nSPS) is 14.7. The Morgan fingerprint density at radius 3 is 1.92 bits per heavy atom. The Balaban J connectivity index is 3.08. The molecule has 0 radical (unpaired) electrons. The number of carbonyl (C=O) groups excluding carboxylic acids is 6. The molecule has 13 N–H and O–H groups in total. The Morgan fingerprint density at radius 1 is 0.796 bits per heavy atom. The average Bonchev–Trinajstić information content (AvgIpc) is 3.04. The fourth-order valence-corrected chi connectivity index (χ4v) is 4.58. The maximum absolute atomic E-state index is 13.3. The number of carbonyl (C=O) groups is 7. The van der Waals surface area contributed by atoms with Crippen LogP contribution in [0, 0.1) is 11.8 Å². The molecule has 0 spiro atoms. The summed E-state index contributed by atoms with van der Waals surface area (Å²) in [6.07, 6.45) is 0.739. The maximum atomic E-state index is 13.3. The summed E-state index contributed by atoms with van der Waals surface area (Å²) in [5.74, 6) is -6.77. The Morgan fingerprint density at radius 2 is 1.39 bits per heavy atom. The molecule has 49 heavy (non-hydrogen) atoms. The highest BCUT2D eigenvalue weighted by atomic mass is 16.4. The second kappa shape index (κ2) is 21.3. The molecule has 1 rings (SSSR count). The van der Waals surface area contributed by atoms with Gasteiger partial charge in [-0.05, 0) is 55.3 Å². The van der Waals surface area contributed by atoms with Crippen LogP contribution in [0.25, 0.3) is 0 Å².